The molecule has 3 rings (SSSR count). The van der Waals surface area contributed by atoms with Crippen molar-refractivity contribution >= 4 is 10.0 Å². The zero-order valence-electron chi connectivity index (χ0n) is 12.4. The number of hydrogen-bond acceptors (Lipinski definition) is 4. The molecule has 0 aliphatic carbocycles. The molecule has 1 aliphatic heterocycles. The third kappa shape index (κ3) is 3.59. The van der Waals surface area contributed by atoms with Gasteiger partial charge in [0.05, 0.1) is 29.2 Å². The minimum absolute atomic E-state index is 0.146. The number of nitrogens with zero attached hydrogens (tertiary/aromatic N) is 1. The zero-order chi connectivity index (χ0) is 16.3. The minimum Gasteiger partial charge on any atom is -0.372 e. The van der Waals surface area contributed by atoms with Crippen LogP contribution in [0, 0.1) is 11.3 Å². The first kappa shape index (κ1) is 15.7. The van der Waals surface area contributed by atoms with E-state index in [2.05, 4.69) is 4.72 Å². The number of nitriles is 1. The lowest BCUT2D eigenvalue weighted by atomic mass is 9.99. The standard InChI is InChI=1S/C17H16N2O3S/c18-10-13-5-7-17(8-6-13)23(20,21)19-11-16-9-14-3-1-2-4-15(14)12-22-16/h1-8,16,19H,9,11-12H2. The predicted molar refractivity (Wildman–Crippen MR) is 85.1 cm³/mol. The highest BCUT2D eigenvalue weighted by Crippen LogP contribution is 2.20. The Bertz CT molecular complexity index is 839. The topological polar surface area (TPSA) is 79.2 Å². The Kier molecular flexibility index (Phi) is 4.44. The Labute approximate surface area is 135 Å². The van der Waals surface area contributed by atoms with Gasteiger partial charge in [0.1, 0.15) is 0 Å². The summed E-state index contributed by atoms with van der Waals surface area (Å²) in [5.41, 5.74) is 2.77. The Balaban J connectivity index is 1.65. The van der Waals surface area contributed by atoms with Gasteiger partial charge in [-0.3, -0.25) is 0 Å². The molecule has 0 radical (unpaired) electrons. The molecule has 1 N–H and O–H groups in total. The van der Waals surface area contributed by atoms with Crippen LogP contribution in [-0.4, -0.2) is 21.1 Å². The molecule has 1 heterocycles. The summed E-state index contributed by atoms with van der Waals surface area (Å²) in [6.45, 7) is 0.718. The molecule has 0 bridgehead atoms. The van der Waals surface area contributed by atoms with Gasteiger partial charge in [0.2, 0.25) is 10.0 Å². The molecule has 0 fully saturated rings. The van der Waals surface area contributed by atoms with E-state index in [4.69, 9.17) is 10.00 Å². The van der Waals surface area contributed by atoms with Crippen LogP contribution in [0.15, 0.2) is 53.4 Å². The number of benzene rings is 2. The average molecular weight is 328 g/mol. The van der Waals surface area contributed by atoms with Crippen molar-refractivity contribution in [2.75, 3.05) is 6.54 Å². The van der Waals surface area contributed by atoms with Crippen LogP contribution in [0.1, 0.15) is 16.7 Å². The van der Waals surface area contributed by atoms with Gasteiger partial charge in [-0.15, -0.1) is 0 Å². The van der Waals surface area contributed by atoms with Crippen molar-refractivity contribution in [2.45, 2.75) is 24.0 Å². The third-order valence-corrected chi connectivity index (χ3v) is 5.27. The van der Waals surface area contributed by atoms with E-state index in [1.54, 1.807) is 0 Å². The summed E-state index contributed by atoms with van der Waals surface area (Å²) in [5.74, 6) is 0. The zero-order valence-corrected chi connectivity index (χ0v) is 13.2. The first-order valence-corrected chi connectivity index (χ1v) is 8.75. The third-order valence-electron chi connectivity index (χ3n) is 3.84. The molecular weight excluding hydrogens is 312 g/mol. The summed E-state index contributed by atoms with van der Waals surface area (Å²) in [7, 11) is -3.60. The van der Waals surface area contributed by atoms with E-state index in [0.717, 1.165) is 5.56 Å². The monoisotopic (exact) mass is 328 g/mol. The lowest BCUT2D eigenvalue weighted by Crippen LogP contribution is -2.36. The molecule has 5 nitrogen and oxygen atoms in total. The van der Waals surface area contributed by atoms with Crippen LogP contribution in [-0.2, 0) is 27.8 Å². The van der Waals surface area contributed by atoms with Gasteiger partial charge in [-0.2, -0.15) is 5.26 Å². The van der Waals surface area contributed by atoms with Crippen molar-refractivity contribution in [3.05, 3.63) is 65.2 Å². The van der Waals surface area contributed by atoms with Crippen LogP contribution >= 0.6 is 0 Å². The lowest BCUT2D eigenvalue weighted by Gasteiger charge is -2.25. The summed E-state index contributed by atoms with van der Waals surface area (Å²) in [6, 6.07) is 15.8. The number of fused-ring (bicyclic) bond motifs is 1. The van der Waals surface area contributed by atoms with E-state index < -0.39 is 10.0 Å². The van der Waals surface area contributed by atoms with Gasteiger partial charge in [0.25, 0.3) is 0 Å². The van der Waals surface area contributed by atoms with Gasteiger partial charge in [-0.25, -0.2) is 13.1 Å². The highest BCUT2D eigenvalue weighted by Gasteiger charge is 2.21. The van der Waals surface area contributed by atoms with Crippen LogP contribution in [0.3, 0.4) is 0 Å². The number of rotatable bonds is 4. The summed E-state index contributed by atoms with van der Waals surface area (Å²) in [6.07, 6.45) is 0.504. The fourth-order valence-electron chi connectivity index (χ4n) is 2.53. The molecular formula is C17H16N2O3S. The molecule has 1 atom stereocenters. The highest BCUT2D eigenvalue weighted by atomic mass is 32.2. The Morgan fingerprint density at radius 3 is 2.52 bits per heavy atom. The van der Waals surface area contributed by atoms with Crippen LogP contribution < -0.4 is 4.72 Å². The number of nitrogens with one attached hydrogen (secondary N) is 1. The summed E-state index contributed by atoms with van der Waals surface area (Å²) >= 11 is 0. The molecule has 0 saturated heterocycles. The van der Waals surface area contributed by atoms with Gasteiger partial charge in [0, 0.05) is 13.0 Å². The summed E-state index contributed by atoms with van der Waals surface area (Å²) in [4.78, 5) is 0.146. The maximum absolute atomic E-state index is 12.3. The van der Waals surface area contributed by atoms with Crippen molar-refractivity contribution in [3.8, 4) is 6.07 Å². The quantitative estimate of drug-likeness (QED) is 0.931. The van der Waals surface area contributed by atoms with Gasteiger partial charge in [0.15, 0.2) is 0 Å². The largest absolute Gasteiger partial charge is 0.372 e. The number of hydrogen-bond donors (Lipinski definition) is 1. The predicted octanol–water partition coefficient (Wildman–Crippen LogP) is 1.98. The normalized spacial score (nSPS) is 17.3. The van der Waals surface area contributed by atoms with Crippen LogP contribution in [0.5, 0.6) is 0 Å². The van der Waals surface area contributed by atoms with E-state index in [1.165, 1.54) is 29.8 Å². The van der Waals surface area contributed by atoms with Gasteiger partial charge in [-0.1, -0.05) is 24.3 Å². The van der Waals surface area contributed by atoms with E-state index in [-0.39, 0.29) is 17.5 Å². The van der Waals surface area contributed by atoms with Crippen molar-refractivity contribution in [1.82, 2.24) is 4.72 Å². The van der Waals surface area contributed by atoms with Crippen molar-refractivity contribution in [3.63, 3.8) is 0 Å². The van der Waals surface area contributed by atoms with Gasteiger partial charge >= 0.3 is 0 Å². The minimum atomic E-state index is -3.60. The highest BCUT2D eigenvalue weighted by molar-refractivity contribution is 7.89. The molecule has 23 heavy (non-hydrogen) atoms. The molecule has 2 aromatic carbocycles. The average Bonchev–Trinajstić information content (AvgIpc) is 2.60. The van der Waals surface area contributed by atoms with E-state index in [1.807, 2.05) is 30.3 Å². The van der Waals surface area contributed by atoms with E-state index in [0.29, 0.717) is 18.6 Å². The second-order valence-electron chi connectivity index (χ2n) is 5.39. The molecule has 6 heteroatoms. The Morgan fingerprint density at radius 2 is 1.83 bits per heavy atom. The fourth-order valence-corrected chi connectivity index (χ4v) is 3.60. The molecule has 0 saturated carbocycles. The molecule has 0 amide bonds. The Hall–Kier alpha value is -2.20. The smallest absolute Gasteiger partial charge is 0.240 e. The molecule has 0 aromatic heterocycles. The number of ether oxygens (including phenoxy) is 1. The second-order valence-corrected chi connectivity index (χ2v) is 7.16. The molecule has 1 unspecified atom stereocenters. The number of sulfonamides is 1. The first-order chi connectivity index (χ1) is 11.1. The van der Waals surface area contributed by atoms with Crippen LogP contribution in [0.4, 0.5) is 0 Å². The fraction of sp³-hybridized carbons (Fsp3) is 0.235. The van der Waals surface area contributed by atoms with E-state index >= 15 is 0 Å². The maximum atomic E-state index is 12.3. The Morgan fingerprint density at radius 1 is 1.13 bits per heavy atom. The molecule has 2 aromatic rings. The molecule has 118 valence electrons. The summed E-state index contributed by atoms with van der Waals surface area (Å²) in [5, 5.41) is 8.75. The van der Waals surface area contributed by atoms with E-state index in [9.17, 15) is 8.42 Å². The second kappa shape index (κ2) is 6.50. The van der Waals surface area contributed by atoms with Crippen molar-refractivity contribution in [1.29, 1.82) is 5.26 Å². The first-order valence-electron chi connectivity index (χ1n) is 7.27. The van der Waals surface area contributed by atoms with Gasteiger partial charge in [-0.05, 0) is 35.4 Å². The van der Waals surface area contributed by atoms with Crippen molar-refractivity contribution < 1.29 is 13.2 Å². The lowest BCUT2D eigenvalue weighted by molar-refractivity contribution is 0.0322. The van der Waals surface area contributed by atoms with Crippen LogP contribution in [0.2, 0.25) is 0 Å². The SMILES string of the molecule is N#Cc1ccc(S(=O)(=O)NCC2Cc3ccccc3CO2)cc1. The summed E-state index contributed by atoms with van der Waals surface area (Å²) < 4.78 is 32.8. The van der Waals surface area contributed by atoms with Gasteiger partial charge < -0.3 is 4.74 Å². The molecule has 1 aliphatic rings. The van der Waals surface area contributed by atoms with Crippen LogP contribution in [0.25, 0.3) is 0 Å². The van der Waals surface area contributed by atoms with Crippen molar-refractivity contribution in [2.24, 2.45) is 0 Å². The maximum Gasteiger partial charge on any atom is 0.240 e. The molecule has 0 spiro atoms.